The number of unbranched alkanes of at least 4 members (excludes halogenated alkanes) is 1. The molecule has 2 fully saturated rings. The first-order valence-electron chi connectivity index (χ1n) is 9.67. The fraction of sp³-hybridized carbons (Fsp3) is 0.762. The molecule has 0 aromatic heterocycles. The molecule has 2 aliphatic rings. The van der Waals surface area contributed by atoms with Gasteiger partial charge in [-0.05, 0) is 68.3 Å². The van der Waals surface area contributed by atoms with E-state index in [-0.39, 0.29) is 0 Å². The summed E-state index contributed by atoms with van der Waals surface area (Å²) in [6.07, 6.45) is 20.3. The smallest absolute Gasteiger partial charge is 0.195 e. The minimum atomic E-state index is -0.699. The lowest BCUT2D eigenvalue weighted by atomic mass is 9.68. The first-order valence-corrected chi connectivity index (χ1v) is 9.67. The van der Waals surface area contributed by atoms with E-state index in [1.807, 2.05) is 0 Å². The Morgan fingerprint density at radius 2 is 1.65 bits per heavy atom. The topological polar surface area (TPSA) is 23.8 Å². The Morgan fingerprint density at radius 3 is 2.22 bits per heavy atom. The molecule has 0 N–H and O–H groups in total. The lowest BCUT2D eigenvalue weighted by Crippen LogP contribution is -2.25. The van der Waals surface area contributed by atoms with Crippen LogP contribution < -0.4 is 0 Å². The summed E-state index contributed by atoms with van der Waals surface area (Å²) in [6.45, 7) is 2.29. The first-order chi connectivity index (χ1) is 11.2. The third-order valence-corrected chi connectivity index (χ3v) is 6.07. The zero-order valence-corrected chi connectivity index (χ0v) is 14.6. The second-order valence-corrected chi connectivity index (χ2v) is 7.61. The van der Waals surface area contributed by atoms with E-state index in [0.717, 1.165) is 17.8 Å². The highest BCUT2D eigenvalue weighted by molar-refractivity contribution is 5.19. The average molecular weight is 317 g/mol. The van der Waals surface area contributed by atoms with Crippen molar-refractivity contribution >= 4 is 0 Å². The summed E-state index contributed by atoms with van der Waals surface area (Å²) >= 11 is 0. The Labute approximate surface area is 141 Å². The predicted molar refractivity (Wildman–Crippen MR) is 94.4 cm³/mol. The van der Waals surface area contributed by atoms with E-state index in [4.69, 9.17) is 5.26 Å². The Hall–Kier alpha value is -1.10. The summed E-state index contributed by atoms with van der Waals surface area (Å²) in [5.74, 6) is 2.78. The number of nitrogens with zero attached hydrogens (tertiary/aromatic N) is 1. The molecule has 0 unspecified atom stereocenters. The second-order valence-electron chi connectivity index (χ2n) is 7.61. The zero-order chi connectivity index (χ0) is 16.5. The normalized spacial score (nSPS) is 32.8. The first kappa shape index (κ1) is 18.2. The van der Waals surface area contributed by atoms with Crippen molar-refractivity contribution < 1.29 is 4.39 Å². The van der Waals surface area contributed by atoms with Gasteiger partial charge in [0.15, 0.2) is 5.83 Å². The molecule has 0 atom stereocenters. The molecule has 2 aliphatic carbocycles. The van der Waals surface area contributed by atoms with Crippen LogP contribution >= 0.6 is 0 Å². The Kier molecular flexibility index (Phi) is 7.86. The summed E-state index contributed by atoms with van der Waals surface area (Å²) in [5.41, 5.74) is 0. The van der Waals surface area contributed by atoms with Crippen LogP contribution in [-0.2, 0) is 0 Å². The van der Waals surface area contributed by atoms with Crippen molar-refractivity contribution in [2.24, 2.45) is 23.7 Å². The third kappa shape index (κ3) is 6.13. The van der Waals surface area contributed by atoms with Crippen molar-refractivity contribution in [2.45, 2.75) is 77.6 Å². The van der Waals surface area contributed by atoms with Crippen molar-refractivity contribution in [1.29, 1.82) is 5.26 Å². The van der Waals surface area contributed by atoms with Gasteiger partial charge < -0.3 is 0 Å². The van der Waals surface area contributed by atoms with Crippen LogP contribution in [0.1, 0.15) is 77.6 Å². The fourth-order valence-corrected chi connectivity index (χ4v) is 4.58. The molecular weight excluding hydrogens is 285 g/mol. The van der Waals surface area contributed by atoms with Crippen molar-refractivity contribution in [2.75, 3.05) is 0 Å². The maximum absolute atomic E-state index is 12.7. The van der Waals surface area contributed by atoms with Gasteiger partial charge in [0.1, 0.15) is 6.07 Å². The van der Waals surface area contributed by atoms with Gasteiger partial charge in [0, 0.05) is 0 Å². The van der Waals surface area contributed by atoms with Crippen LogP contribution in [0.5, 0.6) is 0 Å². The molecule has 128 valence electrons. The van der Waals surface area contributed by atoms with Crippen LogP contribution in [0.4, 0.5) is 4.39 Å². The number of hydrogen-bond donors (Lipinski definition) is 0. The quantitative estimate of drug-likeness (QED) is 0.394. The molecule has 0 heterocycles. The van der Waals surface area contributed by atoms with Gasteiger partial charge >= 0.3 is 0 Å². The van der Waals surface area contributed by atoms with Gasteiger partial charge in [-0.2, -0.15) is 9.65 Å². The maximum atomic E-state index is 12.7. The molecule has 0 bridgehead atoms. The number of allylic oxidation sites excluding steroid dienone is 4. The summed E-state index contributed by atoms with van der Waals surface area (Å²) in [7, 11) is 0. The van der Waals surface area contributed by atoms with Crippen LogP contribution in [0.2, 0.25) is 0 Å². The number of nitriles is 1. The minimum Gasteiger partial charge on any atom is -0.195 e. The van der Waals surface area contributed by atoms with Crippen LogP contribution in [0.15, 0.2) is 24.1 Å². The lowest BCUT2D eigenvalue weighted by Gasteiger charge is -2.37. The molecule has 0 saturated heterocycles. The van der Waals surface area contributed by atoms with Crippen LogP contribution in [-0.4, -0.2) is 0 Å². The summed E-state index contributed by atoms with van der Waals surface area (Å²) in [5, 5.41) is 8.39. The van der Waals surface area contributed by atoms with Crippen LogP contribution in [0.3, 0.4) is 0 Å². The molecule has 0 aromatic carbocycles. The standard InChI is InChI=1S/C21H32FN/c1-2-3-5-17-8-12-19(13-9-17)20-14-10-18(11-15-20)6-4-7-21(22)16-23/h4,6-7,17-20H,2-3,5,8-15H2,1H3/b6-4+,21-7-/t17-,18?,19-,20?. The second kappa shape index (κ2) is 9.91. The number of halogens is 1. The molecule has 2 heteroatoms. The monoisotopic (exact) mass is 317 g/mol. The summed E-state index contributed by atoms with van der Waals surface area (Å²) < 4.78 is 12.7. The predicted octanol–water partition coefficient (Wildman–Crippen LogP) is 6.72. The van der Waals surface area contributed by atoms with Crippen LogP contribution in [0, 0.1) is 35.0 Å². The van der Waals surface area contributed by atoms with Gasteiger partial charge in [-0.25, -0.2) is 0 Å². The highest BCUT2D eigenvalue weighted by atomic mass is 19.1. The zero-order valence-electron chi connectivity index (χ0n) is 14.6. The Balaban J connectivity index is 1.68. The van der Waals surface area contributed by atoms with Crippen molar-refractivity contribution in [3.63, 3.8) is 0 Å². The van der Waals surface area contributed by atoms with Gasteiger partial charge in [-0.1, -0.05) is 51.2 Å². The van der Waals surface area contributed by atoms with E-state index in [1.165, 1.54) is 82.8 Å². The van der Waals surface area contributed by atoms with Crippen molar-refractivity contribution in [3.05, 3.63) is 24.1 Å². The third-order valence-electron chi connectivity index (χ3n) is 6.07. The van der Waals surface area contributed by atoms with Crippen molar-refractivity contribution in [3.8, 4) is 6.07 Å². The highest BCUT2D eigenvalue weighted by Crippen LogP contribution is 2.42. The fourth-order valence-electron chi connectivity index (χ4n) is 4.58. The van der Waals surface area contributed by atoms with Gasteiger partial charge in [0.05, 0.1) is 0 Å². The number of hydrogen-bond acceptors (Lipinski definition) is 1. The summed E-state index contributed by atoms with van der Waals surface area (Å²) in [6, 6.07) is 1.51. The molecule has 0 spiro atoms. The molecule has 1 nitrogen and oxygen atoms in total. The van der Waals surface area contributed by atoms with E-state index in [1.54, 1.807) is 6.08 Å². The van der Waals surface area contributed by atoms with E-state index >= 15 is 0 Å². The average Bonchev–Trinajstić information content (AvgIpc) is 2.61. The van der Waals surface area contributed by atoms with E-state index in [9.17, 15) is 4.39 Å². The molecule has 0 aromatic rings. The maximum Gasteiger partial charge on any atom is 0.199 e. The SMILES string of the molecule is CCCC[C@H]1CC[C@H](C2CCC(/C=C/C=C(\F)C#N)CC2)CC1. The highest BCUT2D eigenvalue weighted by Gasteiger charge is 2.30. The van der Waals surface area contributed by atoms with Gasteiger partial charge in [0.2, 0.25) is 0 Å². The molecule has 0 radical (unpaired) electrons. The van der Waals surface area contributed by atoms with Crippen molar-refractivity contribution in [1.82, 2.24) is 0 Å². The van der Waals surface area contributed by atoms with E-state index in [0.29, 0.717) is 5.92 Å². The largest absolute Gasteiger partial charge is 0.199 e. The Morgan fingerprint density at radius 1 is 1.04 bits per heavy atom. The van der Waals surface area contributed by atoms with E-state index in [2.05, 4.69) is 13.0 Å². The van der Waals surface area contributed by atoms with Crippen LogP contribution in [0.25, 0.3) is 0 Å². The molecule has 2 saturated carbocycles. The molecule has 23 heavy (non-hydrogen) atoms. The summed E-state index contributed by atoms with van der Waals surface area (Å²) in [4.78, 5) is 0. The van der Waals surface area contributed by atoms with Gasteiger partial charge in [0.25, 0.3) is 0 Å². The van der Waals surface area contributed by atoms with Gasteiger partial charge in [-0.15, -0.1) is 0 Å². The van der Waals surface area contributed by atoms with Gasteiger partial charge in [-0.3, -0.25) is 0 Å². The Bertz CT molecular complexity index is 429. The number of rotatable bonds is 6. The lowest BCUT2D eigenvalue weighted by molar-refractivity contribution is 0.152. The molecular formula is C21H32FN. The molecule has 0 aliphatic heterocycles. The molecule has 2 rings (SSSR count). The van der Waals surface area contributed by atoms with E-state index < -0.39 is 5.83 Å². The molecule has 0 amide bonds. The minimum absolute atomic E-state index is 0.579.